The van der Waals surface area contributed by atoms with Crippen molar-refractivity contribution in [3.05, 3.63) is 33.8 Å². The van der Waals surface area contributed by atoms with E-state index in [1.165, 1.54) is 17.4 Å². The summed E-state index contributed by atoms with van der Waals surface area (Å²) in [6, 6.07) is 1.28. The molecule has 0 aromatic carbocycles. The summed E-state index contributed by atoms with van der Waals surface area (Å²) >= 11 is 1.23. The molecule has 0 aliphatic heterocycles. The van der Waals surface area contributed by atoms with E-state index in [0.29, 0.717) is 16.3 Å². The van der Waals surface area contributed by atoms with Gasteiger partial charge in [0.15, 0.2) is 5.82 Å². The van der Waals surface area contributed by atoms with Gasteiger partial charge in [-0.3, -0.25) is 4.79 Å². The highest BCUT2D eigenvalue weighted by molar-refractivity contribution is 7.12. The summed E-state index contributed by atoms with van der Waals surface area (Å²) in [5.41, 5.74) is 0.551. The molecule has 104 valence electrons. The molecule has 0 radical (unpaired) electrons. The van der Waals surface area contributed by atoms with E-state index in [-0.39, 0.29) is 5.91 Å². The monoisotopic (exact) mass is 293 g/mol. The number of nitrogens with zero attached hydrogens (tertiary/aromatic N) is 3. The molecule has 0 fully saturated rings. The Morgan fingerprint density at radius 3 is 3.00 bits per heavy atom. The molecule has 2 aromatic rings. The fourth-order valence-corrected chi connectivity index (χ4v) is 2.26. The van der Waals surface area contributed by atoms with Crippen molar-refractivity contribution in [1.82, 2.24) is 25.9 Å². The molecule has 20 heavy (non-hydrogen) atoms. The highest BCUT2D eigenvalue weighted by Crippen LogP contribution is 2.19. The van der Waals surface area contributed by atoms with Gasteiger partial charge in [-0.2, -0.15) is 5.21 Å². The summed E-state index contributed by atoms with van der Waals surface area (Å²) in [6.45, 7) is 1.73. The highest BCUT2D eigenvalue weighted by atomic mass is 32.1. The first-order valence-electron chi connectivity index (χ1n) is 5.60. The average molecular weight is 293 g/mol. The summed E-state index contributed by atoms with van der Waals surface area (Å²) in [4.78, 5) is 23.0. The summed E-state index contributed by atoms with van der Waals surface area (Å²) in [5, 5.41) is 26.3. The minimum Gasteiger partial charge on any atom is -0.478 e. The second-order valence-electron chi connectivity index (χ2n) is 3.84. The molecule has 0 spiro atoms. The van der Waals surface area contributed by atoms with Crippen LogP contribution < -0.4 is 5.32 Å². The van der Waals surface area contributed by atoms with Crippen LogP contribution in [0.2, 0.25) is 0 Å². The number of nitrogens with one attached hydrogen (secondary N) is 2. The molecule has 1 atom stereocenters. The van der Waals surface area contributed by atoms with Crippen LogP contribution in [-0.2, 0) is 4.79 Å². The van der Waals surface area contributed by atoms with Crippen LogP contribution in [0.15, 0.2) is 17.5 Å². The number of tetrazole rings is 1. The molecule has 0 saturated carbocycles. The first-order chi connectivity index (χ1) is 9.58. The van der Waals surface area contributed by atoms with Crippen molar-refractivity contribution in [1.29, 1.82) is 0 Å². The van der Waals surface area contributed by atoms with Gasteiger partial charge >= 0.3 is 5.97 Å². The molecule has 0 bridgehead atoms. The largest absolute Gasteiger partial charge is 0.478 e. The number of aromatic nitrogens is 4. The Morgan fingerprint density at radius 1 is 1.55 bits per heavy atom. The molecule has 0 aliphatic carbocycles. The summed E-state index contributed by atoms with van der Waals surface area (Å²) < 4.78 is 0. The maximum Gasteiger partial charge on any atom is 0.328 e. The van der Waals surface area contributed by atoms with Gasteiger partial charge in [0.25, 0.3) is 5.91 Å². The van der Waals surface area contributed by atoms with Crippen LogP contribution in [0.1, 0.15) is 34.0 Å². The normalized spacial score (nSPS) is 12.4. The van der Waals surface area contributed by atoms with E-state index in [9.17, 15) is 9.59 Å². The number of thiophene rings is 1. The molecule has 1 unspecified atom stereocenters. The van der Waals surface area contributed by atoms with Crippen molar-refractivity contribution in [2.45, 2.75) is 13.0 Å². The third-order valence-electron chi connectivity index (χ3n) is 2.40. The molecule has 0 saturated heterocycles. The molecule has 2 heterocycles. The number of aromatic amines is 1. The Kier molecular flexibility index (Phi) is 4.20. The molecule has 3 N–H and O–H groups in total. The van der Waals surface area contributed by atoms with Crippen LogP contribution in [0.3, 0.4) is 0 Å². The number of hydrogen-bond donors (Lipinski definition) is 3. The molecular weight excluding hydrogens is 282 g/mol. The smallest absolute Gasteiger partial charge is 0.328 e. The lowest BCUT2D eigenvalue weighted by Gasteiger charge is -2.09. The van der Waals surface area contributed by atoms with Crippen LogP contribution in [0, 0.1) is 0 Å². The van der Waals surface area contributed by atoms with Gasteiger partial charge in [-0.05, 0) is 30.0 Å². The van der Waals surface area contributed by atoms with Gasteiger partial charge in [-0.1, -0.05) is 5.21 Å². The second kappa shape index (κ2) is 6.06. The lowest BCUT2D eigenvalue weighted by Crippen LogP contribution is -2.27. The quantitative estimate of drug-likeness (QED) is 0.703. The average Bonchev–Trinajstić information content (AvgIpc) is 3.07. The van der Waals surface area contributed by atoms with Crippen LogP contribution in [0.5, 0.6) is 0 Å². The zero-order chi connectivity index (χ0) is 14.5. The van der Waals surface area contributed by atoms with E-state index in [1.807, 2.05) is 0 Å². The second-order valence-corrected chi connectivity index (χ2v) is 4.76. The van der Waals surface area contributed by atoms with Crippen LogP contribution >= 0.6 is 11.3 Å². The lowest BCUT2D eigenvalue weighted by atomic mass is 10.2. The number of amides is 1. The van der Waals surface area contributed by atoms with Gasteiger partial charge in [0.2, 0.25) is 0 Å². The standard InChI is InChI=1S/C11H11N5O3S/c1-6(10-13-15-16-14-10)12-11(19)9-7(4-5-20-9)2-3-8(17)18/h2-6H,1H3,(H,12,19)(H,17,18)(H,13,14,15,16). The van der Waals surface area contributed by atoms with Gasteiger partial charge in [0.05, 0.1) is 10.9 Å². The van der Waals surface area contributed by atoms with Crippen LogP contribution in [0.25, 0.3) is 6.08 Å². The number of carbonyl (C=O) groups is 2. The van der Waals surface area contributed by atoms with Crippen molar-refractivity contribution in [3.63, 3.8) is 0 Å². The molecular formula is C11H11N5O3S. The maximum atomic E-state index is 12.1. The first kappa shape index (κ1) is 13.9. The Labute approximate surface area is 117 Å². The SMILES string of the molecule is CC(NC(=O)c1sccc1C=CC(=O)O)c1nn[nH]n1. The molecule has 8 nitrogen and oxygen atoms in total. The van der Waals surface area contributed by atoms with Crippen molar-refractivity contribution in [2.24, 2.45) is 0 Å². The minimum atomic E-state index is -1.07. The van der Waals surface area contributed by atoms with Crippen LogP contribution in [0.4, 0.5) is 0 Å². The molecule has 2 rings (SSSR count). The Morgan fingerprint density at radius 2 is 2.35 bits per heavy atom. The predicted octanol–water partition coefficient (Wildman–Crippen LogP) is 0.850. The fourth-order valence-electron chi connectivity index (χ4n) is 1.48. The van der Waals surface area contributed by atoms with Gasteiger partial charge in [-0.15, -0.1) is 21.5 Å². The first-order valence-corrected chi connectivity index (χ1v) is 6.48. The van der Waals surface area contributed by atoms with E-state index in [1.54, 1.807) is 18.4 Å². The Balaban J connectivity index is 2.10. The number of rotatable bonds is 5. The number of carboxylic acid groups (broad SMARTS) is 1. The predicted molar refractivity (Wildman–Crippen MR) is 71.0 cm³/mol. The van der Waals surface area contributed by atoms with E-state index in [0.717, 1.165) is 6.08 Å². The summed E-state index contributed by atoms with van der Waals surface area (Å²) in [7, 11) is 0. The van der Waals surface area contributed by atoms with E-state index < -0.39 is 12.0 Å². The van der Waals surface area contributed by atoms with E-state index in [2.05, 4.69) is 25.9 Å². The molecule has 2 aromatic heterocycles. The summed E-state index contributed by atoms with van der Waals surface area (Å²) in [5.74, 6) is -1.01. The molecule has 0 aliphatic rings. The van der Waals surface area contributed by atoms with Crippen molar-refractivity contribution in [2.75, 3.05) is 0 Å². The maximum absolute atomic E-state index is 12.1. The Bertz CT molecular complexity index is 634. The zero-order valence-electron chi connectivity index (χ0n) is 10.4. The highest BCUT2D eigenvalue weighted by Gasteiger charge is 2.17. The third-order valence-corrected chi connectivity index (χ3v) is 3.33. The van der Waals surface area contributed by atoms with Gasteiger partial charge in [0.1, 0.15) is 0 Å². The number of hydrogen-bond acceptors (Lipinski definition) is 6. The lowest BCUT2D eigenvalue weighted by molar-refractivity contribution is -0.131. The van der Waals surface area contributed by atoms with Crippen LogP contribution in [-0.4, -0.2) is 37.6 Å². The number of carboxylic acids is 1. The van der Waals surface area contributed by atoms with Gasteiger partial charge in [0, 0.05) is 6.08 Å². The van der Waals surface area contributed by atoms with Crippen molar-refractivity contribution < 1.29 is 14.7 Å². The van der Waals surface area contributed by atoms with Crippen molar-refractivity contribution >= 4 is 29.3 Å². The zero-order valence-corrected chi connectivity index (χ0v) is 11.2. The molecule has 9 heteroatoms. The third kappa shape index (κ3) is 3.26. The number of carbonyl (C=O) groups excluding carboxylic acids is 1. The summed E-state index contributed by atoms with van der Waals surface area (Å²) in [6.07, 6.45) is 2.37. The fraction of sp³-hybridized carbons (Fsp3) is 0.182. The van der Waals surface area contributed by atoms with Gasteiger partial charge < -0.3 is 10.4 Å². The van der Waals surface area contributed by atoms with Crippen molar-refractivity contribution in [3.8, 4) is 0 Å². The topological polar surface area (TPSA) is 121 Å². The Hall–Kier alpha value is -2.55. The molecule has 1 amide bonds. The number of H-pyrrole nitrogens is 1. The van der Waals surface area contributed by atoms with E-state index in [4.69, 9.17) is 5.11 Å². The van der Waals surface area contributed by atoms with Gasteiger partial charge in [-0.25, -0.2) is 4.79 Å². The minimum absolute atomic E-state index is 0.317. The van der Waals surface area contributed by atoms with E-state index >= 15 is 0 Å². The number of aliphatic carboxylic acids is 1.